The van der Waals surface area contributed by atoms with Crippen LogP contribution >= 0.6 is 0 Å². The molecule has 0 heterocycles. The molecule has 2 unspecified atom stereocenters. The van der Waals surface area contributed by atoms with Crippen molar-refractivity contribution < 1.29 is 9.90 Å². The van der Waals surface area contributed by atoms with E-state index in [1.54, 1.807) is 11.9 Å². The van der Waals surface area contributed by atoms with Gasteiger partial charge in [-0.15, -0.1) is 0 Å². The number of aliphatic hydroxyl groups is 1. The summed E-state index contributed by atoms with van der Waals surface area (Å²) in [6.07, 6.45) is 3.40. The first-order valence-corrected chi connectivity index (χ1v) is 6.02. The number of nitrogens with zero attached hydrogens (tertiary/aromatic N) is 1. The normalized spacial score (nSPS) is 25.2. The molecule has 0 bridgehead atoms. The van der Waals surface area contributed by atoms with E-state index in [1.165, 1.54) is 6.42 Å². The molecule has 1 fully saturated rings. The van der Waals surface area contributed by atoms with Crippen molar-refractivity contribution in [2.45, 2.75) is 52.1 Å². The van der Waals surface area contributed by atoms with Crippen LogP contribution in [0.25, 0.3) is 0 Å². The smallest absolute Gasteiger partial charge is 0.317 e. The van der Waals surface area contributed by atoms with Gasteiger partial charge in [-0.05, 0) is 25.2 Å². The predicted molar refractivity (Wildman–Crippen MR) is 64.3 cm³/mol. The molecular weight excluding hydrogens is 204 g/mol. The number of urea groups is 1. The Kier molecular flexibility index (Phi) is 4.19. The van der Waals surface area contributed by atoms with Crippen LogP contribution in [0.2, 0.25) is 0 Å². The first-order valence-electron chi connectivity index (χ1n) is 6.02. The van der Waals surface area contributed by atoms with Crippen molar-refractivity contribution in [2.75, 3.05) is 13.7 Å². The zero-order valence-electron chi connectivity index (χ0n) is 10.8. The zero-order chi connectivity index (χ0) is 12.3. The average molecular weight is 228 g/mol. The molecule has 2 atom stereocenters. The van der Waals surface area contributed by atoms with Crippen molar-refractivity contribution in [2.24, 2.45) is 5.41 Å². The molecule has 0 aromatic heterocycles. The van der Waals surface area contributed by atoms with Gasteiger partial charge in [-0.2, -0.15) is 0 Å². The summed E-state index contributed by atoms with van der Waals surface area (Å²) in [7, 11) is 1.72. The van der Waals surface area contributed by atoms with Gasteiger partial charge in [0, 0.05) is 13.1 Å². The van der Waals surface area contributed by atoms with Gasteiger partial charge in [0.2, 0.25) is 0 Å². The second-order valence-electron chi connectivity index (χ2n) is 5.53. The number of nitrogens with one attached hydrogen (secondary N) is 1. The van der Waals surface area contributed by atoms with E-state index in [1.807, 2.05) is 6.92 Å². The highest BCUT2D eigenvalue weighted by Gasteiger charge is 2.36. The second kappa shape index (κ2) is 5.04. The van der Waals surface area contributed by atoms with E-state index in [-0.39, 0.29) is 30.1 Å². The van der Waals surface area contributed by atoms with Crippen LogP contribution in [0.3, 0.4) is 0 Å². The maximum absolute atomic E-state index is 11.9. The van der Waals surface area contributed by atoms with Crippen LogP contribution in [0.15, 0.2) is 0 Å². The number of likely N-dealkylation sites (N-methyl/N-ethyl adjacent to an activating group) is 1. The van der Waals surface area contributed by atoms with E-state index in [0.717, 1.165) is 12.8 Å². The van der Waals surface area contributed by atoms with E-state index in [9.17, 15) is 4.79 Å². The third-order valence-electron chi connectivity index (χ3n) is 3.80. The molecule has 94 valence electrons. The van der Waals surface area contributed by atoms with Gasteiger partial charge in [-0.25, -0.2) is 4.79 Å². The fourth-order valence-corrected chi connectivity index (χ4v) is 2.17. The average Bonchev–Trinajstić information content (AvgIpc) is 2.56. The summed E-state index contributed by atoms with van der Waals surface area (Å²) in [6, 6.07) is 0.0411. The lowest BCUT2D eigenvalue weighted by Gasteiger charge is -2.31. The maximum atomic E-state index is 11.9. The fraction of sp³-hybridized carbons (Fsp3) is 0.917. The Morgan fingerprint density at radius 3 is 2.69 bits per heavy atom. The van der Waals surface area contributed by atoms with Crippen molar-refractivity contribution >= 4 is 6.03 Å². The number of hydrogen-bond donors (Lipinski definition) is 2. The van der Waals surface area contributed by atoms with Gasteiger partial charge >= 0.3 is 6.03 Å². The Morgan fingerprint density at radius 2 is 2.25 bits per heavy atom. The SMILES string of the molecule is CC(CO)N(C)C(=O)NC1CCCC1(C)C. The number of carbonyl (C=O) groups is 1. The molecule has 1 rings (SSSR count). The molecule has 4 heteroatoms. The Balaban J connectivity index is 2.51. The largest absolute Gasteiger partial charge is 0.394 e. The standard InChI is InChI=1S/C12H24N2O2/c1-9(8-15)14(4)11(16)13-10-6-5-7-12(10,2)3/h9-10,15H,5-8H2,1-4H3,(H,13,16). The summed E-state index contributed by atoms with van der Waals surface area (Å²) >= 11 is 0. The van der Waals surface area contributed by atoms with Gasteiger partial charge in [0.25, 0.3) is 0 Å². The van der Waals surface area contributed by atoms with Gasteiger partial charge in [0.05, 0.1) is 12.6 Å². The quantitative estimate of drug-likeness (QED) is 0.770. The molecule has 1 saturated carbocycles. The van der Waals surface area contributed by atoms with Crippen molar-refractivity contribution in [3.8, 4) is 0 Å². The Morgan fingerprint density at radius 1 is 1.62 bits per heavy atom. The lowest BCUT2D eigenvalue weighted by Crippen LogP contribution is -2.50. The first kappa shape index (κ1) is 13.3. The summed E-state index contributed by atoms with van der Waals surface area (Å²) in [5.74, 6) is 0. The van der Waals surface area contributed by atoms with Gasteiger partial charge in [-0.3, -0.25) is 0 Å². The summed E-state index contributed by atoms with van der Waals surface area (Å²) in [6.45, 7) is 6.22. The number of aliphatic hydroxyl groups excluding tert-OH is 1. The molecule has 16 heavy (non-hydrogen) atoms. The van der Waals surface area contributed by atoms with Crippen molar-refractivity contribution in [3.05, 3.63) is 0 Å². The van der Waals surface area contributed by atoms with Crippen molar-refractivity contribution in [1.82, 2.24) is 10.2 Å². The van der Waals surface area contributed by atoms with E-state index in [4.69, 9.17) is 5.11 Å². The third kappa shape index (κ3) is 2.88. The maximum Gasteiger partial charge on any atom is 0.317 e. The monoisotopic (exact) mass is 228 g/mol. The van der Waals surface area contributed by atoms with E-state index >= 15 is 0 Å². The van der Waals surface area contributed by atoms with E-state index in [2.05, 4.69) is 19.2 Å². The molecule has 2 amide bonds. The highest BCUT2D eigenvalue weighted by atomic mass is 16.3. The Bertz CT molecular complexity index is 253. The molecule has 0 aromatic carbocycles. The number of hydrogen-bond acceptors (Lipinski definition) is 2. The number of rotatable bonds is 3. The zero-order valence-corrected chi connectivity index (χ0v) is 10.8. The summed E-state index contributed by atoms with van der Waals surface area (Å²) in [5.41, 5.74) is 0.193. The van der Waals surface area contributed by atoms with Crippen LogP contribution in [0.1, 0.15) is 40.0 Å². The molecule has 0 saturated heterocycles. The minimum atomic E-state index is -0.135. The van der Waals surface area contributed by atoms with Crippen LogP contribution in [-0.2, 0) is 0 Å². The molecule has 2 N–H and O–H groups in total. The van der Waals surface area contributed by atoms with Crippen LogP contribution < -0.4 is 5.32 Å². The Labute approximate surface area is 98.0 Å². The second-order valence-corrected chi connectivity index (χ2v) is 5.53. The van der Waals surface area contributed by atoms with Crippen molar-refractivity contribution in [3.63, 3.8) is 0 Å². The minimum Gasteiger partial charge on any atom is -0.394 e. The van der Waals surface area contributed by atoms with Crippen molar-refractivity contribution in [1.29, 1.82) is 0 Å². The molecule has 0 aliphatic heterocycles. The molecule has 0 radical (unpaired) electrons. The minimum absolute atomic E-state index is 0.00200. The third-order valence-corrected chi connectivity index (χ3v) is 3.80. The van der Waals surface area contributed by atoms with Gasteiger partial charge in [0.1, 0.15) is 0 Å². The van der Waals surface area contributed by atoms with Gasteiger partial charge in [-0.1, -0.05) is 20.3 Å². The number of carbonyl (C=O) groups excluding carboxylic acids is 1. The van der Waals surface area contributed by atoms with E-state index < -0.39 is 0 Å². The molecule has 0 aromatic rings. The summed E-state index contributed by atoms with van der Waals surface area (Å²) in [4.78, 5) is 13.5. The van der Waals surface area contributed by atoms with E-state index in [0.29, 0.717) is 0 Å². The molecule has 1 aliphatic carbocycles. The molecular formula is C12H24N2O2. The Hall–Kier alpha value is -0.770. The highest BCUT2D eigenvalue weighted by molar-refractivity contribution is 5.74. The first-order chi connectivity index (χ1) is 7.38. The lowest BCUT2D eigenvalue weighted by atomic mass is 9.87. The van der Waals surface area contributed by atoms with Crippen LogP contribution in [0, 0.1) is 5.41 Å². The lowest BCUT2D eigenvalue weighted by molar-refractivity contribution is 0.149. The fourth-order valence-electron chi connectivity index (χ4n) is 2.17. The van der Waals surface area contributed by atoms with Crippen LogP contribution in [-0.4, -0.2) is 41.8 Å². The number of amides is 2. The van der Waals surface area contributed by atoms with Gasteiger partial charge in [0.15, 0.2) is 0 Å². The van der Waals surface area contributed by atoms with Crippen LogP contribution in [0.4, 0.5) is 4.79 Å². The summed E-state index contributed by atoms with van der Waals surface area (Å²) < 4.78 is 0. The molecule has 0 spiro atoms. The topological polar surface area (TPSA) is 52.6 Å². The van der Waals surface area contributed by atoms with Gasteiger partial charge < -0.3 is 15.3 Å². The predicted octanol–water partition coefficient (Wildman–Crippen LogP) is 1.59. The molecule has 1 aliphatic rings. The highest BCUT2D eigenvalue weighted by Crippen LogP contribution is 2.37. The van der Waals surface area contributed by atoms with Crippen LogP contribution in [0.5, 0.6) is 0 Å². The molecule has 4 nitrogen and oxygen atoms in total. The summed E-state index contributed by atoms with van der Waals surface area (Å²) in [5, 5.41) is 12.1.